The van der Waals surface area contributed by atoms with E-state index in [1.807, 2.05) is 24.3 Å². The Labute approximate surface area is 107 Å². The molecule has 1 aromatic carbocycles. The minimum atomic E-state index is 0.683. The summed E-state index contributed by atoms with van der Waals surface area (Å²) in [5.74, 6) is 0.683. The molecule has 0 aliphatic heterocycles. The number of benzene rings is 1. The first-order valence-electron chi connectivity index (χ1n) is 4.33. The third kappa shape index (κ3) is 2.23. The molecule has 0 bridgehead atoms. The summed E-state index contributed by atoms with van der Waals surface area (Å²) in [5, 5.41) is 12.2. The molecular weight excluding hydrogens is 255 g/mol. The van der Waals surface area contributed by atoms with E-state index >= 15 is 0 Å². The van der Waals surface area contributed by atoms with Crippen molar-refractivity contribution in [2.24, 2.45) is 0 Å². The van der Waals surface area contributed by atoms with E-state index in [-0.39, 0.29) is 0 Å². The van der Waals surface area contributed by atoms with Gasteiger partial charge in [-0.3, -0.25) is 0 Å². The van der Waals surface area contributed by atoms with Crippen molar-refractivity contribution in [3.8, 4) is 11.4 Å². The van der Waals surface area contributed by atoms with Crippen molar-refractivity contribution in [3.63, 3.8) is 0 Å². The van der Waals surface area contributed by atoms with E-state index in [0.717, 1.165) is 41.8 Å². The summed E-state index contributed by atoms with van der Waals surface area (Å²) in [4.78, 5) is 1.63. The number of nitrogens with zero attached hydrogens (tertiary/aromatic N) is 4. The number of rotatable bonds is 2. The van der Waals surface area contributed by atoms with Gasteiger partial charge in [0.25, 0.3) is 0 Å². The monoisotopic (exact) mass is 260 g/mol. The zero-order valence-corrected chi connectivity index (χ0v) is 11.3. The summed E-state index contributed by atoms with van der Waals surface area (Å²) in [7, 11) is 0. The van der Waals surface area contributed by atoms with Crippen LogP contribution in [0.1, 0.15) is 0 Å². The van der Waals surface area contributed by atoms with E-state index in [0.29, 0.717) is 5.82 Å². The topological polar surface area (TPSA) is 43.6 Å². The fourth-order valence-electron chi connectivity index (χ4n) is 1.12. The van der Waals surface area contributed by atoms with E-state index in [1.54, 1.807) is 4.80 Å². The van der Waals surface area contributed by atoms with Crippen molar-refractivity contribution in [2.75, 3.05) is 0 Å². The van der Waals surface area contributed by atoms with Gasteiger partial charge >= 0.3 is 108 Å². The third-order valence-electron chi connectivity index (χ3n) is 1.82. The molecule has 2 aromatic rings. The molecule has 0 amide bonds. The summed E-state index contributed by atoms with van der Waals surface area (Å²) in [6.45, 7) is 0. The number of aromatic nitrogens is 4. The molecule has 0 saturated heterocycles. The van der Waals surface area contributed by atoms with Crippen LogP contribution in [0.3, 0.4) is 0 Å². The van der Waals surface area contributed by atoms with Crippen LogP contribution < -0.4 is 0 Å². The molecule has 0 atom stereocenters. The Morgan fingerprint density at radius 2 is 2.29 bits per heavy atom. The van der Waals surface area contributed by atoms with Crippen molar-refractivity contribution in [1.29, 1.82) is 0 Å². The molecule has 0 radical (unpaired) electrons. The van der Waals surface area contributed by atoms with E-state index in [4.69, 9.17) is 0 Å². The summed E-state index contributed by atoms with van der Waals surface area (Å²) < 4.78 is 1.90. The molecule has 6 heteroatoms. The Balaban J connectivity index is 2.39. The van der Waals surface area contributed by atoms with Crippen LogP contribution in [0.25, 0.3) is 11.4 Å². The second-order valence-electron chi connectivity index (χ2n) is 2.81. The van der Waals surface area contributed by atoms with E-state index in [2.05, 4.69) is 31.3 Å². The van der Waals surface area contributed by atoms with Crippen LogP contribution in [-0.4, -0.2) is 48.1 Å². The molecule has 1 aromatic heterocycles. The molecule has 0 N–H and O–H groups in total. The molecule has 2 rings (SSSR count). The van der Waals surface area contributed by atoms with Gasteiger partial charge in [-0.15, -0.1) is 0 Å². The predicted octanol–water partition coefficient (Wildman–Crippen LogP) is 1.23. The van der Waals surface area contributed by atoms with Crippen LogP contribution in [0.4, 0.5) is 0 Å². The summed E-state index contributed by atoms with van der Waals surface area (Å²) in [5.41, 5.74) is 0.987. The standard InChI is InChI=1S/C8H6BrN4.Na/c1-13-11-8(10-12-13)6-3-2-4-7(9)5-6;/h2-5H,1H2;. The van der Waals surface area contributed by atoms with E-state index in [9.17, 15) is 0 Å². The number of tetrazole rings is 1. The van der Waals surface area contributed by atoms with Crippen molar-refractivity contribution in [3.05, 3.63) is 28.7 Å². The fraction of sp³-hybridized carbons (Fsp3) is 0.125. The molecule has 0 aliphatic rings. The second-order valence-corrected chi connectivity index (χ2v) is 4.36. The van der Waals surface area contributed by atoms with Crippen LogP contribution in [0.5, 0.6) is 0 Å². The first-order chi connectivity index (χ1) is 6.79. The quantitative estimate of drug-likeness (QED) is 0.763. The normalized spacial score (nSPS) is 10.5. The number of hydrogen-bond acceptors (Lipinski definition) is 3. The molecule has 1 heterocycles. The van der Waals surface area contributed by atoms with Crippen LogP contribution >= 0.6 is 15.9 Å². The van der Waals surface area contributed by atoms with Gasteiger partial charge in [-0.05, 0) is 0 Å². The van der Waals surface area contributed by atoms with Crippen molar-refractivity contribution >= 4 is 43.9 Å². The average molecular weight is 261 g/mol. The Morgan fingerprint density at radius 3 is 2.93 bits per heavy atom. The first-order valence-corrected chi connectivity index (χ1v) is 6.54. The zero-order chi connectivity index (χ0) is 9.97. The molecule has 0 unspecified atom stereocenters. The van der Waals surface area contributed by atoms with Gasteiger partial charge in [0.1, 0.15) is 0 Å². The minimum absolute atomic E-state index is 0.683. The van der Waals surface area contributed by atoms with Crippen molar-refractivity contribution < 1.29 is 0 Å². The Kier molecular flexibility index (Phi) is 3.33. The van der Waals surface area contributed by atoms with Gasteiger partial charge in [-0.2, -0.15) is 0 Å². The summed E-state index contributed by atoms with van der Waals surface area (Å²) >= 11 is 4.45. The van der Waals surface area contributed by atoms with Gasteiger partial charge < -0.3 is 0 Å². The third-order valence-corrected chi connectivity index (χ3v) is 2.88. The maximum atomic E-state index is 4.25. The average Bonchev–Trinajstić information content (AvgIpc) is 2.66. The zero-order valence-electron chi connectivity index (χ0n) is 7.68. The second kappa shape index (κ2) is 4.53. The molecule has 0 spiro atoms. The van der Waals surface area contributed by atoms with Gasteiger partial charge in [-0.1, -0.05) is 0 Å². The molecule has 0 saturated carbocycles. The first kappa shape index (κ1) is 10.3. The summed E-state index contributed by atoms with van der Waals surface area (Å²) in [6.07, 6.45) is 0. The van der Waals surface area contributed by atoms with Crippen molar-refractivity contribution in [1.82, 2.24) is 20.2 Å². The molecule has 14 heavy (non-hydrogen) atoms. The van der Waals surface area contributed by atoms with E-state index < -0.39 is 0 Å². The van der Waals surface area contributed by atoms with Gasteiger partial charge in [0.2, 0.25) is 0 Å². The predicted molar refractivity (Wildman–Crippen MR) is 56.7 cm³/mol. The van der Waals surface area contributed by atoms with Crippen LogP contribution in [0.2, 0.25) is 0 Å². The molecule has 0 aliphatic carbocycles. The van der Waals surface area contributed by atoms with Crippen LogP contribution in [-0.2, 0) is 3.79 Å². The molecule has 66 valence electrons. The van der Waals surface area contributed by atoms with Gasteiger partial charge in [0, 0.05) is 0 Å². The van der Waals surface area contributed by atoms with E-state index in [1.165, 1.54) is 0 Å². The Morgan fingerprint density at radius 1 is 1.43 bits per heavy atom. The fourth-order valence-corrected chi connectivity index (χ4v) is 1.79. The van der Waals surface area contributed by atoms with Crippen LogP contribution in [0.15, 0.2) is 28.7 Å². The number of halogens is 1. The number of hydrogen-bond donors (Lipinski definition) is 0. The van der Waals surface area contributed by atoms with Gasteiger partial charge in [-0.25, -0.2) is 0 Å². The SMILES string of the molecule is [Na][CH2]n1nnc(-c2cccc(Br)c2)n1. The van der Waals surface area contributed by atoms with Crippen molar-refractivity contribution in [2.45, 2.75) is 3.79 Å². The molecule has 0 fully saturated rings. The molecule has 4 nitrogen and oxygen atoms in total. The van der Waals surface area contributed by atoms with Gasteiger partial charge in [0.05, 0.1) is 0 Å². The molecular formula is C8H6BrN4Na. The maximum absolute atomic E-state index is 4.25. The Hall–Kier alpha value is -0.230. The van der Waals surface area contributed by atoms with Crippen LogP contribution in [0, 0.1) is 0 Å². The summed E-state index contributed by atoms with van der Waals surface area (Å²) in [6, 6.07) is 7.88. The van der Waals surface area contributed by atoms with Gasteiger partial charge in [0.15, 0.2) is 0 Å². The Bertz CT molecular complexity index is 442.